The molecule has 0 radical (unpaired) electrons. The van der Waals surface area contributed by atoms with Crippen LogP contribution in [0.2, 0.25) is 0 Å². The average molecular weight is 242 g/mol. The summed E-state index contributed by atoms with van der Waals surface area (Å²) in [6.07, 6.45) is 0.513. The predicted octanol–water partition coefficient (Wildman–Crippen LogP) is 0.681. The number of carboxylic acids is 1. The summed E-state index contributed by atoms with van der Waals surface area (Å²) in [6, 6.07) is -0.856. The van der Waals surface area contributed by atoms with Crippen LogP contribution in [0.5, 0.6) is 0 Å². The smallest absolute Gasteiger partial charge is 0.308 e. The Hall–Kier alpha value is -1.10. The van der Waals surface area contributed by atoms with E-state index in [1.54, 1.807) is 11.8 Å². The molecule has 1 heterocycles. The van der Waals surface area contributed by atoms with Gasteiger partial charge in [0.05, 0.1) is 12.0 Å². The lowest BCUT2D eigenvalue weighted by Gasteiger charge is -2.32. The van der Waals surface area contributed by atoms with Gasteiger partial charge in [0.1, 0.15) is 0 Å². The summed E-state index contributed by atoms with van der Waals surface area (Å²) >= 11 is 0. The Bertz CT molecular complexity index is 322. The quantitative estimate of drug-likeness (QED) is 0.746. The lowest BCUT2D eigenvalue weighted by molar-refractivity contribution is -0.143. The molecule has 5 nitrogen and oxygen atoms in total. The fraction of sp³-hybridized carbons (Fsp3) is 0.833. The number of rotatable bonds is 2. The van der Waals surface area contributed by atoms with Crippen LogP contribution >= 0.6 is 0 Å². The van der Waals surface area contributed by atoms with E-state index in [0.29, 0.717) is 13.0 Å². The topological polar surface area (TPSA) is 83.6 Å². The van der Waals surface area contributed by atoms with E-state index in [2.05, 4.69) is 0 Å². The fourth-order valence-corrected chi connectivity index (χ4v) is 2.13. The van der Waals surface area contributed by atoms with Crippen LogP contribution in [0, 0.1) is 11.3 Å². The summed E-state index contributed by atoms with van der Waals surface area (Å²) in [4.78, 5) is 24.8. The maximum absolute atomic E-state index is 12.2. The second-order valence-electron chi connectivity index (χ2n) is 5.85. The number of aliphatic carboxylic acids is 1. The fourth-order valence-electron chi connectivity index (χ4n) is 2.13. The number of carboxylic acid groups (broad SMARTS) is 1. The monoisotopic (exact) mass is 242 g/mol. The van der Waals surface area contributed by atoms with Gasteiger partial charge in [-0.3, -0.25) is 9.59 Å². The number of hydrogen-bond acceptors (Lipinski definition) is 3. The van der Waals surface area contributed by atoms with Gasteiger partial charge in [0.2, 0.25) is 5.91 Å². The third-order valence-corrected chi connectivity index (χ3v) is 3.55. The summed E-state index contributed by atoms with van der Waals surface area (Å²) in [5.74, 6) is -1.45. The van der Waals surface area contributed by atoms with Crippen LogP contribution in [0.4, 0.5) is 0 Å². The van der Waals surface area contributed by atoms with Crippen LogP contribution in [0.1, 0.15) is 34.1 Å². The predicted molar refractivity (Wildman–Crippen MR) is 64.3 cm³/mol. The Morgan fingerprint density at radius 1 is 1.41 bits per heavy atom. The third kappa shape index (κ3) is 2.77. The van der Waals surface area contributed by atoms with Crippen LogP contribution in [0.3, 0.4) is 0 Å². The number of carbonyl (C=O) groups excluding carboxylic acids is 1. The maximum atomic E-state index is 12.2. The van der Waals surface area contributed by atoms with Crippen molar-refractivity contribution in [2.75, 3.05) is 6.54 Å². The highest BCUT2D eigenvalue weighted by molar-refractivity contribution is 5.84. The third-order valence-electron chi connectivity index (χ3n) is 3.55. The summed E-state index contributed by atoms with van der Waals surface area (Å²) < 4.78 is 0. The largest absolute Gasteiger partial charge is 0.481 e. The Labute approximate surface area is 102 Å². The molecule has 5 heteroatoms. The minimum Gasteiger partial charge on any atom is -0.481 e. The first-order valence-corrected chi connectivity index (χ1v) is 5.95. The number of nitrogens with two attached hydrogens (primary N) is 1. The standard InChI is InChI=1S/C12H22N2O3/c1-7-8(11(16)17)5-6-14(7)10(15)9(13)12(2,3)4/h7-9H,5-6,13H2,1-4H3,(H,16,17)/t7?,8?,9-/m0/s1. The Morgan fingerprint density at radius 3 is 2.29 bits per heavy atom. The van der Waals surface area contributed by atoms with E-state index >= 15 is 0 Å². The van der Waals surface area contributed by atoms with E-state index in [4.69, 9.17) is 10.8 Å². The van der Waals surface area contributed by atoms with E-state index in [9.17, 15) is 9.59 Å². The summed E-state index contributed by atoms with van der Waals surface area (Å²) in [6.45, 7) is 7.99. The molecule has 0 saturated carbocycles. The van der Waals surface area contributed by atoms with Crippen LogP contribution in [-0.2, 0) is 9.59 Å². The van der Waals surface area contributed by atoms with Gasteiger partial charge in [-0.1, -0.05) is 20.8 Å². The highest BCUT2D eigenvalue weighted by Crippen LogP contribution is 2.27. The van der Waals surface area contributed by atoms with Crippen molar-refractivity contribution in [1.29, 1.82) is 0 Å². The van der Waals surface area contributed by atoms with Crippen molar-refractivity contribution < 1.29 is 14.7 Å². The normalized spacial score (nSPS) is 27.0. The van der Waals surface area contributed by atoms with Gasteiger partial charge in [-0.2, -0.15) is 0 Å². The molecular weight excluding hydrogens is 220 g/mol. The number of amides is 1. The van der Waals surface area contributed by atoms with Crippen molar-refractivity contribution in [2.24, 2.45) is 17.1 Å². The number of carbonyl (C=O) groups is 2. The highest BCUT2D eigenvalue weighted by Gasteiger charge is 2.41. The van der Waals surface area contributed by atoms with Gasteiger partial charge in [-0.05, 0) is 18.8 Å². The van der Waals surface area contributed by atoms with E-state index in [-0.39, 0.29) is 17.4 Å². The second kappa shape index (κ2) is 4.64. The molecule has 0 bridgehead atoms. The molecule has 17 heavy (non-hydrogen) atoms. The molecular formula is C12H22N2O3. The Balaban J connectivity index is 2.76. The van der Waals surface area contributed by atoms with Gasteiger partial charge in [0, 0.05) is 12.6 Å². The van der Waals surface area contributed by atoms with E-state index in [0.717, 1.165) is 0 Å². The van der Waals surface area contributed by atoms with Crippen LogP contribution in [0.25, 0.3) is 0 Å². The molecule has 1 rings (SSSR count). The van der Waals surface area contributed by atoms with Gasteiger partial charge in [-0.25, -0.2) is 0 Å². The molecule has 0 aromatic rings. The van der Waals surface area contributed by atoms with Crippen molar-refractivity contribution in [3.8, 4) is 0 Å². The first kappa shape index (κ1) is 14.0. The lowest BCUT2D eigenvalue weighted by atomic mass is 9.86. The highest BCUT2D eigenvalue weighted by atomic mass is 16.4. The minimum atomic E-state index is -0.836. The van der Waals surface area contributed by atoms with Crippen LogP contribution < -0.4 is 5.73 Å². The van der Waals surface area contributed by atoms with Crippen LogP contribution in [-0.4, -0.2) is 40.5 Å². The first-order valence-electron chi connectivity index (χ1n) is 5.95. The minimum absolute atomic E-state index is 0.145. The van der Waals surface area contributed by atoms with Gasteiger partial charge in [-0.15, -0.1) is 0 Å². The zero-order valence-electron chi connectivity index (χ0n) is 10.9. The molecule has 0 aromatic heterocycles. The Morgan fingerprint density at radius 2 is 1.94 bits per heavy atom. The molecule has 1 amide bonds. The number of hydrogen-bond donors (Lipinski definition) is 2. The van der Waals surface area contributed by atoms with Crippen molar-refractivity contribution in [1.82, 2.24) is 4.90 Å². The van der Waals surface area contributed by atoms with E-state index in [1.807, 2.05) is 20.8 Å². The summed E-state index contributed by atoms with van der Waals surface area (Å²) in [7, 11) is 0. The summed E-state index contributed by atoms with van der Waals surface area (Å²) in [5, 5.41) is 9.01. The molecule has 0 aromatic carbocycles. The average Bonchev–Trinajstić information content (AvgIpc) is 2.56. The zero-order chi connectivity index (χ0) is 13.4. The van der Waals surface area contributed by atoms with Crippen molar-refractivity contribution in [2.45, 2.75) is 46.2 Å². The van der Waals surface area contributed by atoms with Crippen LogP contribution in [0.15, 0.2) is 0 Å². The number of nitrogens with zero attached hydrogens (tertiary/aromatic N) is 1. The zero-order valence-corrected chi connectivity index (χ0v) is 10.9. The van der Waals surface area contributed by atoms with E-state index in [1.165, 1.54) is 0 Å². The van der Waals surface area contributed by atoms with Gasteiger partial charge >= 0.3 is 5.97 Å². The van der Waals surface area contributed by atoms with E-state index < -0.39 is 17.9 Å². The molecule has 98 valence electrons. The molecule has 0 spiro atoms. The van der Waals surface area contributed by atoms with Gasteiger partial charge in [0.15, 0.2) is 0 Å². The maximum Gasteiger partial charge on any atom is 0.308 e. The SMILES string of the molecule is CC1C(C(=O)O)CCN1C(=O)[C@H](N)C(C)(C)C. The van der Waals surface area contributed by atoms with Gasteiger partial charge < -0.3 is 15.7 Å². The van der Waals surface area contributed by atoms with Crippen molar-refractivity contribution >= 4 is 11.9 Å². The lowest BCUT2D eigenvalue weighted by Crippen LogP contribution is -2.52. The summed E-state index contributed by atoms with van der Waals surface area (Å²) in [5.41, 5.74) is 5.61. The second-order valence-corrected chi connectivity index (χ2v) is 5.85. The molecule has 1 saturated heterocycles. The van der Waals surface area contributed by atoms with Gasteiger partial charge in [0.25, 0.3) is 0 Å². The van der Waals surface area contributed by atoms with Crippen molar-refractivity contribution in [3.05, 3.63) is 0 Å². The van der Waals surface area contributed by atoms with Crippen molar-refractivity contribution in [3.63, 3.8) is 0 Å². The Kier molecular flexibility index (Phi) is 3.81. The first-order chi connectivity index (χ1) is 7.66. The molecule has 1 fully saturated rings. The molecule has 1 aliphatic heterocycles. The molecule has 0 aliphatic carbocycles. The molecule has 3 atom stereocenters. The molecule has 3 N–H and O–H groups in total. The molecule has 2 unspecified atom stereocenters. The molecule has 1 aliphatic rings. The number of likely N-dealkylation sites (tertiary alicyclic amines) is 1.